The van der Waals surface area contributed by atoms with Gasteiger partial charge in [-0.3, -0.25) is 4.79 Å². The van der Waals surface area contributed by atoms with E-state index in [1.54, 1.807) is 36.2 Å². The Kier molecular flexibility index (Phi) is 4.45. The van der Waals surface area contributed by atoms with Crippen LogP contribution in [0.3, 0.4) is 0 Å². The summed E-state index contributed by atoms with van der Waals surface area (Å²) in [6.07, 6.45) is 1.25. The molecule has 1 fully saturated rings. The monoisotopic (exact) mass is 296 g/mol. The van der Waals surface area contributed by atoms with Crippen molar-refractivity contribution in [3.05, 3.63) is 29.8 Å². The number of likely N-dealkylation sites (tertiary alicyclic amines) is 1. The molecule has 0 saturated carbocycles. The highest BCUT2D eigenvalue weighted by molar-refractivity contribution is 7.89. The molecule has 1 N–H and O–H groups in total. The highest BCUT2D eigenvalue weighted by atomic mass is 32.2. The van der Waals surface area contributed by atoms with E-state index in [4.69, 9.17) is 0 Å². The van der Waals surface area contributed by atoms with E-state index in [1.165, 1.54) is 0 Å². The molecule has 1 aromatic rings. The Hall–Kier alpha value is -1.40. The third kappa shape index (κ3) is 3.19. The first-order valence-corrected chi connectivity index (χ1v) is 8.26. The summed E-state index contributed by atoms with van der Waals surface area (Å²) >= 11 is 0. The standard InChI is InChI=1S/C14H20N2O3S/c1-3-8-15-20(18,19)13-6-4-11(5-7-13)12-9-14(17)16(2)10-12/h4-7,12,15H,3,8-10H2,1-2H3/t12-/m0/s1. The second kappa shape index (κ2) is 5.93. The van der Waals surface area contributed by atoms with Crippen LogP contribution in [-0.2, 0) is 14.8 Å². The third-order valence-corrected chi connectivity index (χ3v) is 5.02. The predicted octanol–water partition coefficient (Wildman–Crippen LogP) is 1.32. The van der Waals surface area contributed by atoms with Crippen molar-refractivity contribution >= 4 is 15.9 Å². The second-order valence-electron chi connectivity index (χ2n) is 5.14. The number of carbonyl (C=O) groups excluding carboxylic acids is 1. The molecule has 20 heavy (non-hydrogen) atoms. The van der Waals surface area contributed by atoms with E-state index in [0.29, 0.717) is 19.5 Å². The van der Waals surface area contributed by atoms with Crippen LogP contribution in [0, 0.1) is 0 Å². The molecular weight excluding hydrogens is 276 g/mol. The number of hydrogen-bond acceptors (Lipinski definition) is 3. The Bertz CT molecular complexity index is 581. The van der Waals surface area contributed by atoms with Crippen molar-refractivity contribution in [2.24, 2.45) is 0 Å². The Morgan fingerprint density at radius 2 is 1.95 bits per heavy atom. The zero-order valence-electron chi connectivity index (χ0n) is 11.8. The van der Waals surface area contributed by atoms with E-state index >= 15 is 0 Å². The lowest BCUT2D eigenvalue weighted by Crippen LogP contribution is -2.24. The van der Waals surface area contributed by atoms with Gasteiger partial charge in [-0.15, -0.1) is 0 Å². The zero-order chi connectivity index (χ0) is 14.8. The lowest BCUT2D eigenvalue weighted by Gasteiger charge is -2.11. The van der Waals surface area contributed by atoms with E-state index in [2.05, 4.69) is 4.72 Å². The molecule has 1 amide bonds. The largest absolute Gasteiger partial charge is 0.345 e. The minimum absolute atomic E-state index is 0.135. The van der Waals surface area contributed by atoms with Crippen LogP contribution in [0.1, 0.15) is 31.2 Å². The third-order valence-electron chi connectivity index (χ3n) is 3.54. The molecule has 0 spiro atoms. The second-order valence-corrected chi connectivity index (χ2v) is 6.91. The molecule has 1 aliphatic rings. The molecule has 5 nitrogen and oxygen atoms in total. The molecule has 1 aromatic carbocycles. The van der Waals surface area contributed by atoms with Gasteiger partial charge < -0.3 is 4.90 Å². The highest BCUT2D eigenvalue weighted by Gasteiger charge is 2.28. The number of benzene rings is 1. The molecule has 0 aromatic heterocycles. The average Bonchev–Trinajstić information content (AvgIpc) is 2.77. The van der Waals surface area contributed by atoms with Crippen molar-refractivity contribution in [2.45, 2.75) is 30.6 Å². The molecule has 110 valence electrons. The number of amides is 1. The molecule has 1 atom stereocenters. The van der Waals surface area contributed by atoms with Crippen LogP contribution in [0.15, 0.2) is 29.2 Å². The molecule has 1 aliphatic heterocycles. The van der Waals surface area contributed by atoms with Gasteiger partial charge in [0.1, 0.15) is 0 Å². The number of nitrogens with zero attached hydrogens (tertiary/aromatic N) is 1. The zero-order valence-corrected chi connectivity index (χ0v) is 12.6. The first-order chi connectivity index (χ1) is 9.44. The molecule has 0 radical (unpaired) electrons. The fourth-order valence-electron chi connectivity index (χ4n) is 2.33. The highest BCUT2D eigenvalue weighted by Crippen LogP contribution is 2.27. The number of carbonyl (C=O) groups is 1. The minimum atomic E-state index is -3.41. The van der Waals surface area contributed by atoms with Gasteiger partial charge >= 0.3 is 0 Å². The van der Waals surface area contributed by atoms with Crippen LogP contribution in [0.4, 0.5) is 0 Å². The molecule has 0 unspecified atom stereocenters. The summed E-state index contributed by atoms with van der Waals surface area (Å²) < 4.78 is 26.4. The smallest absolute Gasteiger partial charge is 0.240 e. The van der Waals surface area contributed by atoms with E-state index < -0.39 is 10.0 Å². The van der Waals surface area contributed by atoms with Gasteiger partial charge in [0.25, 0.3) is 0 Å². The van der Waals surface area contributed by atoms with Gasteiger partial charge in [0.05, 0.1) is 4.90 Å². The maximum atomic E-state index is 12.0. The quantitative estimate of drug-likeness (QED) is 0.891. The normalized spacial score (nSPS) is 19.6. The van der Waals surface area contributed by atoms with Gasteiger partial charge in [-0.1, -0.05) is 19.1 Å². The van der Waals surface area contributed by atoms with Crippen LogP contribution in [-0.4, -0.2) is 39.4 Å². The van der Waals surface area contributed by atoms with E-state index in [-0.39, 0.29) is 16.7 Å². The molecule has 0 bridgehead atoms. The van der Waals surface area contributed by atoms with E-state index in [1.807, 2.05) is 6.92 Å². The van der Waals surface area contributed by atoms with Crippen LogP contribution >= 0.6 is 0 Å². The molecular formula is C14H20N2O3S. The molecule has 1 heterocycles. The Morgan fingerprint density at radius 1 is 1.30 bits per heavy atom. The summed E-state index contributed by atoms with van der Waals surface area (Å²) in [5, 5.41) is 0. The van der Waals surface area contributed by atoms with Gasteiger partial charge in [0.2, 0.25) is 15.9 Å². The van der Waals surface area contributed by atoms with Crippen LogP contribution in [0.2, 0.25) is 0 Å². The molecule has 6 heteroatoms. The van der Waals surface area contributed by atoms with Crippen molar-refractivity contribution in [1.82, 2.24) is 9.62 Å². The molecule has 1 saturated heterocycles. The fourth-order valence-corrected chi connectivity index (χ4v) is 3.46. The lowest BCUT2D eigenvalue weighted by molar-refractivity contribution is -0.126. The van der Waals surface area contributed by atoms with Crippen molar-refractivity contribution in [3.63, 3.8) is 0 Å². The number of hydrogen-bond donors (Lipinski definition) is 1. The summed E-state index contributed by atoms with van der Waals surface area (Å²) in [6.45, 7) is 3.05. The maximum absolute atomic E-state index is 12.0. The first-order valence-electron chi connectivity index (χ1n) is 6.77. The Balaban J connectivity index is 2.13. The van der Waals surface area contributed by atoms with Crippen molar-refractivity contribution in [2.75, 3.05) is 20.1 Å². The van der Waals surface area contributed by atoms with Gasteiger partial charge in [-0.2, -0.15) is 0 Å². The predicted molar refractivity (Wildman–Crippen MR) is 76.9 cm³/mol. The number of nitrogens with one attached hydrogen (secondary N) is 1. The molecule has 2 rings (SSSR count). The van der Waals surface area contributed by atoms with Crippen molar-refractivity contribution < 1.29 is 13.2 Å². The van der Waals surface area contributed by atoms with E-state index in [0.717, 1.165) is 12.0 Å². The summed E-state index contributed by atoms with van der Waals surface area (Å²) in [5.74, 6) is 0.296. The summed E-state index contributed by atoms with van der Waals surface area (Å²) in [7, 11) is -1.62. The SMILES string of the molecule is CCCNS(=O)(=O)c1ccc([C@H]2CC(=O)N(C)C2)cc1. The number of sulfonamides is 1. The Morgan fingerprint density at radius 3 is 2.45 bits per heavy atom. The van der Waals surface area contributed by atoms with Gasteiger partial charge in [0, 0.05) is 32.5 Å². The van der Waals surface area contributed by atoms with Crippen LogP contribution in [0.5, 0.6) is 0 Å². The van der Waals surface area contributed by atoms with Gasteiger partial charge in [-0.25, -0.2) is 13.1 Å². The number of likely N-dealkylation sites (N-methyl/N-ethyl adjacent to an activating group) is 1. The van der Waals surface area contributed by atoms with Crippen molar-refractivity contribution in [3.8, 4) is 0 Å². The number of rotatable bonds is 5. The Labute approximate surface area is 120 Å². The fraction of sp³-hybridized carbons (Fsp3) is 0.500. The van der Waals surface area contributed by atoms with Crippen LogP contribution in [0.25, 0.3) is 0 Å². The van der Waals surface area contributed by atoms with Gasteiger partial charge in [-0.05, 0) is 24.1 Å². The summed E-state index contributed by atoms with van der Waals surface area (Å²) in [6, 6.07) is 6.82. The topological polar surface area (TPSA) is 66.5 Å². The minimum Gasteiger partial charge on any atom is -0.345 e. The van der Waals surface area contributed by atoms with E-state index in [9.17, 15) is 13.2 Å². The lowest BCUT2D eigenvalue weighted by atomic mass is 9.98. The molecule has 0 aliphatic carbocycles. The maximum Gasteiger partial charge on any atom is 0.240 e. The summed E-state index contributed by atoms with van der Waals surface area (Å²) in [5.41, 5.74) is 1.01. The average molecular weight is 296 g/mol. The van der Waals surface area contributed by atoms with Crippen molar-refractivity contribution in [1.29, 1.82) is 0 Å². The van der Waals surface area contributed by atoms with Gasteiger partial charge in [0.15, 0.2) is 0 Å². The first kappa shape index (κ1) is 15.0. The van der Waals surface area contributed by atoms with Crippen LogP contribution < -0.4 is 4.72 Å². The summed E-state index contributed by atoms with van der Waals surface area (Å²) in [4.78, 5) is 13.5.